The van der Waals surface area contributed by atoms with Crippen molar-refractivity contribution in [1.29, 1.82) is 0 Å². The van der Waals surface area contributed by atoms with E-state index in [4.69, 9.17) is 5.73 Å². The molecule has 0 radical (unpaired) electrons. The Morgan fingerprint density at radius 1 is 1.17 bits per heavy atom. The van der Waals surface area contributed by atoms with E-state index in [2.05, 4.69) is 27.0 Å². The van der Waals surface area contributed by atoms with Gasteiger partial charge in [0.25, 0.3) is 0 Å². The highest BCUT2D eigenvalue weighted by molar-refractivity contribution is 9.10. The topological polar surface area (TPSA) is 38.9 Å². The van der Waals surface area contributed by atoms with E-state index in [0.29, 0.717) is 0 Å². The summed E-state index contributed by atoms with van der Waals surface area (Å²) in [6, 6.07) is 14.0. The Morgan fingerprint density at radius 3 is 2.78 bits per heavy atom. The molecule has 0 spiro atoms. The van der Waals surface area contributed by atoms with Crippen molar-refractivity contribution >= 4 is 54.9 Å². The van der Waals surface area contributed by atoms with Crippen molar-refractivity contribution in [3.63, 3.8) is 0 Å². The summed E-state index contributed by atoms with van der Waals surface area (Å²) in [5.74, 6) is 0. The molecule has 90 valence electrons. The van der Waals surface area contributed by atoms with Gasteiger partial charge in [-0.2, -0.15) is 0 Å². The first-order valence-electron chi connectivity index (χ1n) is 5.31. The fraction of sp³-hybridized carbons (Fsp3) is 0. The summed E-state index contributed by atoms with van der Waals surface area (Å²) in [6.45, 7) is 0. The minimum absolute atomic E-state index is 0.760. The molecular weight excluding hydrogens is 328 g/mol. The van der Waals surface area contributed by atoms with E-state index in [1.807, 2.05) is 36.4 Å². The Bertz CT molecular complexity index is 676. The number of aromatic nitrogens is 1. The molecule has 2 nitrogen and oxygen atoms in total. The first-order valence-corrected chi connectivity index (χ1v) is 7.73. The van der Waals surface area contributed by atoms with Crippen molar-refractivity contribution in [1.82, 2.24) is 4.98 Å². The summed E-state index contributed by atoms with van der Waals surface area (Å²) in [5, 5.41) is 0. The zero-order valence-corrected chi connectivity index (χ0v) is 12.5. The van der Waals surface area contributed by atoms with Crippen LogP contribution >= 0.6 is 39.0 Å². The number of anilines is 1. The molecule has 0 fully saturated rings. The largest absolute Gasteiger partial charge is 0.399 e. The molecule has 0 aliphatic rings. The highest BCUT2D eigenvalue weighted by Gasteiger charge is 2.07. The van der Waals surface area contributed by atoms with Crippen LogP contribution in [0.1, 0.15) is 0 Å². The van der Waals surface area contributed by atoms with E-state index >= 15 is 0 Å². The van der Waals surface area contributed by atoms with Crippen LogP contribution in [0, 0.1) is 0 Å². The third-order valence-corrected chi connectivity index (χ3v) is 5.52. The van der Waals surface area contributed by atoms with Crippen LogP contribution in [0.3, 0.4) is 0 Å². The third-order valence-electron chi connectivity index (χ3n) is 2.43. The Kier molecular flexibility index (Phi) is 3.28. The molecule has 3 aromatic rings. The number of fused-ring (bicyclic) bond motifs is 1. The summed E-state index contributed by atoms with van der Waals surface area (Å²) >= 11 is 6.88. The van der Waals surface area contributed by atoms with E-state index in [0.717, 1.165) is 24.9 Å². The number of hydrogen-bond acceptors (Lipinski definition) is 4. The van der Waals surface area contributed by atoms with Crippen molar-refractivity contribution in [3.05, 3.63) is 46.9 Å². The molecule has 0 saturated carbocycles. The number of rotatable bonds is 2. The molecule has 3 rings (SSSR count). The molecule has 0 unspecified atom stereocenters. The van der Waals surface area contributed by atoms with Gasteiger partial charge in [-0.15, -0.1) is 11.3 Å². The van der Waals surface area contributed by atoms with E-state index in [9.17, 15) is 0 Å². The number of halogens is 1. The lowest BCUT2D eigenvalue weighted by Crippen LogP contribution is -1.84. The van der Waals surface area contributed by atoms with Gasteiger partial charge in [0.05, 0.1) is 10.2 Å². The normalized spacial score (nSPS) is 10.9. The van der Waals surface area contributed by atoms with Gasteiger partial charge in [0.15, 0.2) is 4.34 Å². The van der Waals surface area contributed by atoms with Crippen LogP contribution in [0.4, 0.5) is 5.69 Å². The molecule has 5 heteroatoms. The molecular formula is C13H9BrN2S2. The van der Waals surface area contributed by atoms with Crippen molar-refractivity contribution in [2.24, 2.45) is 0 Å². The lowest BCUT2D eigenvalue weighted by molar-refractivity contribution is 1.29. The molecule has 1 heterocycles. The molecule has 0 atom stereocenters. The minimum Gasteiger partial charge on any atom is -0.399 e. The lowest BCUT2D eigenvalue weighted by Gasteiger charge is -2.02. The van der Waals surface area contributed by atoms with Gasteiger partial charge in [-0.1, -0.05) is 23.9 Å². The molecule has 0 aliphatic heterocycles. The standard InChI is InChI=1S/C13H9BrN2S2/c14-9-7-8(15)5-6-11(9)17-13-16-10-3-1-2-4-12(10)18-13/h1-7H,15H2. The Morgan fingerprint density at radius 2 is 2.00 bits per heavy atom. The second kappa shape index (κ2) is 4.91. The molecule has 18 heavy (non-hydrogen) atoms. The van der Waals surface area contributed by atoms with E-state index in [1.165, 1.54) is 4.70 Å². The maximum atomic E-state index is 5.73. The van der Waals surface area contributed by atoms with Crippen molar-refractivity contribution in [2.45, 2.75) is 9.24 Å². The van der Waals surface area contributed by atoms with Crippen LogP contribution in [0.5, 0.6) is 0 Å². The molecule has 0 amide bonds. The Labute approximate surface area is 121 Å². The van der Waals surface area contributed by atoms with Crippen LogP contribution < -0.4 is 5.73 Å². The first-order chi connectivity index (χ1) is 8.72. The van der Waals surface area contributed by atoms with Gasteiger partial charge in [0, 0.05) is 15.1 Å². The van der Waals surface area contributed by atoms with Crippen LogP contribution in [0.2, 0.25) is 0 Å². The number of thiazole rings is 1. The van der Waals surface area contributed by atoms with Gasteiger partial charge in [0.2, 0.25) is 0 Å². The number of nitrogen functional groups attached to an aromatic ring is 1. The zero-order chi connectivity index (χ0) is 12.5. The van der Waals surface area contributed by atoms with Crippen molar-refractivity contribution < 1.29 is 0 Å². The quantitative estimate of drug-likeness (QED) is 0.683. The van der Waals surface area contributed by atoms with Gasteiger partial charge in [-0.25, -0.2) is 4.98 Å². The van der Waals surface area contributed by atoms with E-state index < -0.39 is 0 Å². The molecule has 0 aliphatic carbocycles. The summed E-state index contributed by atoms with van der Waals surface area (Å²) in [4.78, 5) is 5.73. The average molecular weight is 337 g/mol. The number of nitrogens with zero attached hydrogens (tertiary/aromatic N) is 1. The molecule has 2 aromatic carbocycles. The van der Waals surface area contributed by atoms with Crippen LogP contribution in [-0.4, -0.2) is 4.98 Å². The molecule has 1 aromatic heterocycles. The highest BCUT2D eigenvalue weighted by Crippen LogP contribution is 2.38. The number of nitrogens with two attached hydrogens (primary N) is 1. The maximum Gasteiger partial charge on any atom is 0.155 e. The van der Waals surface area contributed by atoms with Crippen LogP contribution in [0.15, 0.2) is 56.2 Å². The van der Waals surface area contributed by atoms with E-state index in [1.54, 1.807) is 23.1 Å². The summed E-state index contributed by atoms with van der Waals surface area (Å²) in [7, 11) is 0. The van der Waals surface area contributed by atoms with Crippen LogP contribution in [-0.2, 0) is 0 Å². The number of hydrogen-bond donors (Lipinski definition) is 1. The Hall–Kier alpha value is -1.04. The Balaban J connectivity index is 1.96. The summed E-state index contributed by atoms with van der Waals surface area (Å²) < 4.78 is 3.26. The predicted octanol–water partition coefficient (Wildman–Crippen LogP) is 4.79. The molecule has 0 bridgehead atoms. The second-order valence-corrected chi connectivity index (χ2v) is 6.91. The molecule has 2 N–H and O–H groups in total. The number of para-hydroxylation sites is 1. The fourth-order valence-corrected chi connectivity index (χ4v) is 4.25. The van der Waals surface area contributed by atoms with Crippen molar-refractivity contribution in [3.8, 4) is 0 Å². The second-order valence-electron chi connectivity index (χ2n) is 3.74. The number of benzene rings is 2. The first kappa shape index (κ1) is 12.0. The van der Waals surface area contributed by atoms with Gasteiger partial charge >= 0.3 is 0 Å². The fourth-order valence-electron chi connectivity index (χ4n) is 1.59. The summed E-state index contributed by atoms with van der Waals surface area (Å²) in [6.07, 6.45) is 0. The lowest BCUT2D eigenvalue weighted by atomic mass is 10.3. The predicted molar refractivity (Wildman–Crippen MR) is 82.3 cm³/mol. The minimum atomic E-state index is 0.760. The maximum absolute atomic E-state index is 5.73. The van der Waals surface area contributed by atoms with Gasteiger partial charge in [0.1, 0.15) is 0 Å². The smallest absolute Gasteiger partial charge is 0.155 e. The van der Waals surface area contributed by atoms with E-state index in [-0.39, 0.29) is 0 Å². The van der Waals surface area contributed by atoms with Gasteiger partial charge in [-0.3, -0.25) is 0 Å². The van der Waals surface area contributed by atoms with Crippen LogP contribution in [0.25, 0.3) is 10.2 Å². The third kappa shape index (κ3) is 2.39. The van der Waals surface area contributed by atoms with Gasteiger partial charge < -0.3 is 5.73 Å². The summed E-state index contributed by atoms with van der Waals surface area (Å²) in [5.41, 5.74) is 7.54. The average Bonchev–Trinajstić information content (AvgIpc) is 2.75. The van der Waals surface area contributed by atoms with Crippen molar-refractivity contribution in [2.75, 3.05) is 5.73 Å². The molecule has 0 saturated heterocycles. The SMILES string of the molecule is Nc1ccc(Sc2nc3ccccc3s2)c(Br)c1. The monoisotopic (exact) mass is 336 g/mol. The zero-order valence-electron chi connectivity index (χ0n) is 9.26. The van der Waals surface area contributed by atoms with Gasteiger partial charge in [-0.05, 0) is 46.3 Å². The highest BCUT2D eigenvalue weighted by atomic mass is 79.9.